The highest BCUT2D eigenvalue weighted by molar-refractivity contribution is 7.26. The van der Waals surface area contributed by atoms with E-state index in [0.717, 1.165) is 11.2 Å². The smallest absolute Gasteiger partial charge is 0.399 e. The first-order valence-electron chi connectivity index (χ1n) is 17.0. The molecule has 0 N–H and O–H groups in total. The maximum atomic E-state index is 6.42. The maximum absolute atomic E-state index is 6.42. The molecule has 0 spiro atoms. The highest BCUT2D eigenvalue weighted by Gasteiger charge is 2.51. The molecule has 10 rings (SSSR count). The fourth-order valence-corrected chi connectivity index (χ4v) is 8.98. The Labute approximate surface area is 289 Å². The SMILES string of the molecule is CC1(C)OB(c2ccc3c(c2)sc2cc(-c4cccc(-n5c6ccccc6c6cc7ccccc7cc65)c4)c4ccccc4c23)OC1(C)C. The molecule has 1 aliphatic rings. The molecule has 3 nitrogen and oxygen atoms in total. The molecule has 0 radical (unpaired) electrons. The summed E-state index contributed by atoms with van der Waals surface area (Å²) in [6, 6.07) is 49.1. The van der Waals surface area contributed by atoms with Gasteiger partial charge >= 0.3 is 7.12 Å². The van der Waals surface area contributed by atoms with Crippen LogP contribution in [-0.2, 0) is 9.31 Å². The summed E-state index contributed by atoms with van der Waals surface area (Å²) in [4.78, 5) is 0. The minimum Gasteiger partial charge on any atom is -0.399 e. The average molecular weight is 652 g/mol. The molecular weight excluding hydrogens is 617 g/mol. The van der Waals surface area contributed by atoms with Gasteiger partial charge in [0.2, 0.25) is 0 Å². The second kappa shape index (κ2) is 10.3. The van der Waals surface area contributed by atoms with Gasteiger partial charge in [-0.3, -0.25) is 0 Å². The first kappa shape index (κ1) is 29.0. The highest BCUT2D eigenvalue weighted by atomic mass is 32.1. The summed E-state index contributed by atoms with van der Waals surface area (Å²) in [7, 11) is -0.381. The summed E-state index contributed by atoms with van der Waals surface area (Å²) in [5.41, 5.74) is 6.36. The van der Waals surface area contributed by atoms with Crippen molar-refractivity contribution in [2.75, 3.05) is 0 Å². The molecule has 49 heavy (non-hydrogen) atoms. The zero-order valence-corrected chi connectivity index (χ0v) is 28.8. The lowest BCUT2D eigenvalue weighted by Crippen LogP contribution is -2.41. The van der Waals surface area contributed by atoms with Gasteiger partial charge in [0.25, 0.3) is 0 Å². The number of rotatable bonds is 3. The van der Waals surface area contributed by atoms with Crippen LogP contribution in [0.3, 0.4) is 0 Å². The Bertz CT molecular complexity index is 2790. The van der Waals surface area contributed by atoms with Gasteiger partial charge in [-0.1, -0.05) is 91.0 Å². The molecule has 0 saturated carbocycles. The lowest BCUT2D eigenvalue weighted by atomic mass is 9.79. The third-order valence-corrected chi connectivity index (χ3v) is 12.1. The average Bonchev–Trinajstić information content (AvgIpc) is 3.72. The Morgan fingerprint density at radius 1 is 0.531 bits per heavy atom. The molecule has 236 valence electrons. The minimum atomic E-state index is -0.381. The molecule has 1 aliphatic heterocycles. The molecule has 1 fully saturated rings. The van der Waals surface area contributed by atoms with E-state index in [1.807, 2.05) is 11.3 Å². The minimum absolute atomic E-state index is 0.376. The van der Waals surface area contributed by atoms with E-state index >= 15 is 0 Å². The molecule has 0 atom stereocenters. The molecule has 0 unspecified atom stereocenters. The first-order valence-corrected chi connectivity index (χ1v) is 17.8. The molecule has 5 heteroatoms. The molecule has 2 aromatic heterocycles. The first-order chi connectivity index (χ1) is 23.8. The molecule has 0 bridgehead atoms. The lowest BCUT2D eigenvalue weighted by Gasteiger charge is -2.32. The number of thiophene rings is 1. The van der Waals surface area contributed by atoms with Crippen molar-refractivity contribution in [3.8, 4) is 16.8 Å². The third kappa shape index (κ3) is 4.29. The number of hydrogen-bond acceptors (Lipinski definition) is 3. The summed E-state index contributed by atoms with van der Waals surface area (Å²) in [5, 5.41) is 10.2. The van der Waals surface area contributed by atoms with Crippen molar-refractivity contribution in [3.05, 3.63) is 133 Å². The largest absolute Gasteiger partial charge is 0.494 e. The quantitative estimate of drug-likeness (QED) is 0.178. The van der Waals surface area contributed by atoms with Crippen molar-refractivity contribution >= 4 is 87.4 Å². The highest BCUT2D eigenvalue weighted by Crippen LogP contribution is 2.44. The van der Waals surface area contributed by atoms with E-state index in [0.29, 0.717) is 0 Å². The Kier molecular flexibility index (Phi) is 6.09. The van der Waals surface area contributed by atoms with Crippen molar-refractivity contribution in [1.29, 1.82) is 0 Å². The molecule has 0 amide bonds. The van der Waals surface area contributed by atoms with E-state index in [-0.39, 0.29) is 18.3 Å². The van der Waals surface area contributed by atoms with Gasteiger partial charge in [-0.25, -0.2) is 0 Å². The Morgan fingerprint density at radius 3 is 2.02 bits per heavy atom. The van der Waals surface area contributed by atoms with Gasteiger partial charge in [-0.05, 0) is 108 Å². The Balaban J connectivity index is 1.16. The van der Waals surface area contributed by atoms with Gasteiger partial charge in [0, 0.05) is 36.6 Å². The molecule has 1 saturated heterocycles. The van der Waals surface area contributed by atoms with Crippen LogP contribution in [0.15, 0.2) is 133 Å². The monoisotopic (exact) mass is 651 g/mol. The summed E-state index contributed by atoms with van der Waals surface area (Å²) >= 11 is 1.85. The van der Waals surface area contributed by atoms with Crippen LogP contribution in [0, 0.1) is 0 Å². The summed E-state index contributed by atoms with van der Waals surface area (Å²) in [6.07, 6.45) is 0. The van der Waals surface area contributed by atoms with Gasteiger partial charge in [0.1, 0.15) is 0 Å². The molecule has 0 aliphatic carbocycles. The van der Waals surface area contributed by atoms with Gasteiger partial charge in [-0.2, -0.15) is 0 Å². The van der Waals surface area contributed by atoms with Gasteiger partial charge < -0.3 is 13.9 Å². The van der Waals surface area contributed by atoms with E-state index in [9.17, 15) is 0 Å². The molecule has 9 aromatic rings. The van der Waals surface area contributed by atoms with E-state index in [1.165, 1.54) is 74.6 Å². The number of benzene rings is 7. The van der Waals surface area contributed by atoms with Crippen LogP contribution in [0.2, 0.25) is 0 Å². The molecule has 7 aromatic carbocycles. The Hall–Kier alpha value is -4.94. The second-order valence-corrected chi connectivity index (χ2v) is 15.5. The second-order valence-electron chi connectivity index (χ2n) is 14.4. The number of hydrogen-bond donors (Lipinski definition) is 0. The fraction of sp³-hybridized carbons (Fsp3) is 0.136. The summed E-state index contributed by atoms with van der Waals surface area (Å²) < 4.78 is 17.8. The number of para-hydroxylation sites is 1. The lowest BCUT2D eigenvalue weighted by molar-refractivity contribution is 0.00578. The van der Waals surface area contributed by atoms with E-state index in [2.05, 4.69) is 166 Å². The van der Waals surface area contributed by atoms with Gasteiger partial charge in [0.05, 0.1) is 22.2 Å². The van der Waals surface area contributed by atoms with Crippen LogP contribution < -0.4 is 5.46 Å². The van der Waals surface area contributed by atoms with Crippen LogP contribution in [0.25, 0.3) is 80.3 Å². The maximum Gasteiger partial charge on any atom is 0.494 e. The normalized spacial score (nSPS) is 15.9. The van der Waals surface area contributed by atoms with Crippen LogP contribution >= 0.6 is 11.3 Å². The predicted octanol–water partition coefficient (Wildman–Crippen LogP) is 11.4. The van der Waals surface area contributed by atoms with E-state index in [4.69, 9.17) is 9.31 Å². The van der Waals surface area contributed by atoms with Crippen LogP contribution in [-0.4, -0.2) is 22.9 Å². The van der Waals surface area contributed by atoms with Crippen LogP contribution in [0.5, 0.6) is 0 Å². The number of nitrogens with zero attached hydrogens (tertiary/aromatic N) is 1. The van der Waals surface area contributed by atoms with E-state index < -0.39 is 0 Å². The van der Waals surface area contributed by atoms with Crippen molar-refractivity contribution < 1.29 is 9.31 Å². The van der Waals surface area contributed by atoms with Crippen LogP contribution in [0.4, 0.5) is 0 Å². The summed E-state index contributed by atoms with van der Waals surface area (Å²) in [6.45, 7) is 8.43. The zero-order chi connectivity index (χ0) is 33.1. The van der Waals surface area contributed by atoms with Gasteiger partial charge in [-0.15, -0.1) is 11.3 Å². The van der Waals surface area contributed by atoms with Crippen molar-refractivity contribution in [2.24, 2.45) is 0 Å². The topological polar surface area (TPSA) is 23.4 Å². The van der Waals surface area contributed by atoms with Crippen LogP contribution in [0.1, 0.15) is 27.7 Å². The standard InChI is InChI=1S/C44H34BNO2S/c1-43(2)44(3,4)48-45(47-43)30-20-21-35-40(25-30)49-41-26-36(32-16-7-8-18-34(32)42(35)41)29-14-11-15-31(22-29)46-38-19-10-9-17-33(38)37-23-27-12-5-6-13-28(27)24-39(37)46/h5-26H,1-4H3. The summed E-state index contributed by atoms with van der Waals surface area (Å²) in [5.74, 6) is 0. The Morgan fingerprint density at radius 2 is 1.22 bits per heavy atom. The predicted molar refractivity (Wildman–Crippen MR) is 210 cm³/mol. The van der Waals surface area contributed by atoms with E-state index in [1.54, 1.807) is 0 Å². The molecule has 3 heterocycles. The van der Waals surface area contributed by atoms with Gasteiger partial charge in [0.15, 0.2) is 0 Å². The van der Waals surface area contributed by atoms with Crippen molar-refractivity contribution in [2.45, 2.75) is 38.9 Å². The number of aromatic nitrogens is 1. The van der Waals surface area contributed by atoms with Crippen molar-refractivity contribution in [3.63, 3.8) is 0 Å². The fourth-order valence-electron chi connectivity index (χ4n) is 7.77. The zero-order valence-electron chi connectivity index (χ0n) is 28.0. The third-order valence-electron chi connectivity index (χ3n) is 11.0. The van der Waals surface area contributed by atoms with Crippen molar-refractivity contribution in [1.82, 2.24) is 4.57 Å². The molecular formula is C44H34BNO2S. The number of fused-ring (bicyclic) bond motifs is 9.